The fourth-order valence-electron chi connectivity index (χ4n) is 2.91. The number of hydrogen-bond acceptors (Lipinski definition) is 4. The number of rotatable bonds is 6. The average molecular weight is 332 g/mol. The van der Waals surface area contributed by atoms with Crippen LogP contribution in [-0.2, 0) is 30.7 Å². The van der Waals surface area contributed by atoms with E-state index in [1.54, 1.807) is 11.3 Å². The summed E-state index contributed by atoms with van der Waals surface area (Å²) in [5.74, 6) is 0.107. The summed E-state index contributed by atoms with van der Waals surface area (Å²) in [7, 11) is 0. The highest BCUT2D eigenvalue weighted by Crippen LogP contribution is 2.12. The third-order valence-corrected chi connectivity index (χ3v) is 4.95. The summed E-state index contributed by atoms with van der Waals surface area (Å²) in [4.78, 5) is 13.4. The number of aromatic nitrogens is 2. The van der Waals surface area contributed by atoms with Crippen LogP contribution in [0.3, 0.4) is 0 Å². The highest BCUT2D eigenvalue weighted by Gasteiger charge is 2.13. The summed E-state index contributed by atoms with van der Waals surface area (Å²) in [6.45, 7) is 4.94. The van der Waals surface area contributed by atoms with Gasteiger partial charge in [0.05, 0.1) is 11.4 Å². The van der Waals surface area contributed by atoms with Gasteiger partial charge in [-0.1, -0.05) is 6.07 Å². The molecule has 0 radical (unpaired) electrons. The third-order valence-electron chi connectivity index (χ3n) is 4.05. The molecule has 0 spiro atoms. The Bertz CT molecular complexity index is 612. The molecule has 6 heteroatoms. The fourth-order valence-corrected chi connectivity index (χ4v) is 3.75. The van der Waals surface area contributed by atoms with Crippen molar-refractivity contribution >= 4 is 17.2 Å². The number of amides is 1. The minimum Gasteiger partial charge on any atom is -0.353 e. The van der Waals surface area contributed by atoms with Gasteiger partial charge in [-0.3, -0.25) is 9.48 Å². The first-order chi connectivity index (χ1) is 11.2. The van der Waals surface area contributed by atoms with Gasteiger partial charge in [-0.2, -0.15) is 5.10 Å². The van der Waals surface area contributed by atoms with Gasteiger partial charge in [0.2, 0.25) is 5.91 Å². The van der Waals surface area contributed by atoms with Crippen LogP contribution in [0.4, 0.5) is 0 Å². The smallest absolute Gasteiger partial charge is 0.220 e. The lowest BCUT2D eigenvalue weighted by atomic mass is 10.1. The van der Waals surface area contributed by atoms with Crippen LogP contribution in [0.2, 0.25) is 0 Å². The molecule has 2 aromatic heterocycles. The van der Waals surface area contributed by atoms with Crippen molar-refractivity contribution in [3.63, 3.8) is 0 Å². The lowest BCUT2D eigenvalue weighted by molar-refractivity contribution is -0.121. The molecule has 3 heterocycles. The van der Waals surface area contributed by atoms with Crippen LogP contribution >= 0.6 is 11.3 Å². The molecule has 0 aromatic carbocycles. The Morgan fingerprint density at radius 1 is 1.57 bits per heavy atom. The maximum absolute atomic E-state index is 12.1. The van der Waals surface area contributed by atoms with Crippen molar-refractivity contribution in [3.8, 4) is 0 Å². The molecule has 0 fully saturated rings. The Labute approximate surface area is 141 Å². The maximum atomic E-state index is 12.1. The molecule has 0 bridgehead atoms. The molecular formula is C17H24N4OS. The molecule has 0 saturated heterocycles. The van der Waals surface area contributed by atoms with Crippen LogP contribution in [0, 0.1) is 0 Å². The number of nitrogens with one attached hydrogen (secondary N) is 2. The van der Waals surface area contributed by atoms with E-state index in [1.165, 1.54) is 10.6 Å². The van der Waals surface area contributed by atoms with Crippen molar-refractivity contribution in [2.45, 2.75) is 51.7 Å². The van der Waals surface area contributed by atoms with E-state index >= 15 is 0 Å². The zero-order chi connectivity index (χ0) is 16.1. The summed E-state index contributed by atoms with van der Waals surface area (Å²) >= 11 is 1.74. The van der Waals surface area contributed by atoms with E-state index in [-0.39, 0.29) is 11.9 Å². The quantitative estimate of drug-likeness (QED) is 0.852. The zero-order valence-corrected chi connectivity index (χ0v) is 14.4. The molecule has 124 valence electrons. The molecule has 0 saturated carbocycles. The van der Waals surface area contributed by atoms with Crippen molar-refractivity contribution in [2.75, 3.05) is 6.54 Å². The lowest BCUT2D eigenvalue weighted by Gasteiger charge is -2.12. The van der Waals surface area contributed by atoms with Gasteiger partial charge in [0.15, 0.2) is 0 Å². The van der Waals surface area contributed by atoms with Gasteiger partial charge in [0, 0.05) is 43.3 Å². The minimum atomic E-state index is 0.107. The summed E-state index contributed by atoms with van der Waals surface area (Å²) in [5.41, 5.74) is 2.24. The zero-order valence-electron chi connectivity index (χ0n) is 13.5. The number of carbonyl (C=O) groups is 1. The van der Waals surface area contributed by atoms with Crippen LogP contribution in [-0.4, -0.2) is 28.3 Å². The van der Waals surface area contributed by atoms with Gasteiger partial charge in [0.25, 0.3) is 0 Å². The topological polar surface area (TPSA) is 59.0 Å². The van der Waals surface area contributed by atoms with Gasteiger partial charge in [-0.05, 0) is 37.4 Å². The molecule has 0 aliphatic carbocycles. The predicted molar refractivity (Wildman–Crippen MR) is 92.5 cm³/mol. The van der Waals surface area contributed by atoms with Crippen molar-refractivity contribution in [2.24, 2.45) is 0 Å². The van der Waals surface area contributed by atoms with Gasteiger partial charge in [-0.25, -0.2) is 0 Å². The van der Waals surface area contributed by atoms with E-state index in [9.17, 15) is 4.79 Å². The van der Waals surface area contributed by atoms with Gasteiger partial charge >= 0.3 is 0 Å². The number of nitrogens with zero attached hydrogens (tertiary/aromatic N) is 2. The molecule has 2 aromatic rings. The molecule has 1 aliphatic rings. The Morgan fingerprint density at radius 3 is 3.30 bits per heavy atom. The van der Waals surface area contributed by atoms with Crippen molar-refractivity contribution < 1.29 is 4.79 Å². The largest absolute Gasteiger partial charge is 0.353 e. The molecule has 3 rings (SSSR count). The van der Waals surface area contributed by atoms with E-state index in [0.29, 0.717) is 12.8 Å². The Morgan fingerprint density at radius 2 is 2.48 bits per heavy atom. The maximum Gasteiger partial charge on any atom is 0.220 e. The molecule has 1 amide bonds. The molecule has 2 N–H and O–H groups in total. The Kier molecular flexibility index (Phi) is 5.46. The summed E-state index contributed by atoms with van der Waals surface area (Å²) < 4.78 is 2.08. The Balaban J connectivity index is 1.45. The van der Waals surface area contributed by atoms with Crippen LogP contribution < -0.4 is 10.6 Å². The van der Waals surface area contributed by atoms with Crippen LogP contribution in [0.15, 0.2) is 23.6 Å². The van der Waals surface area contributed by atoms with Gasteiger partial charge in [0.1, 0.15) is 0 Å². The van der Waals surface area contributed by atoms with Crippen molar-refractivity contribution in [1.29, 1.82) is 0 Å². The number of hydrogen-bond donors (Lipinski definition) is 2. The van der Waals surface area contributed by atoms with E-state index in [2.05, 4.69) is 44.9 Å². The van der Waals surface area contributed by atoms with E-state index < -0.39 is 0 Å². The van der Waals surface area contributed by atoms with E-state index in [4.69, 9.17) is 0 Å². The lowest BCUT2D eigenvalue weighted by Crippen LogP contribution is -2.34. The predicted octanol–water partition coefficient (Wildman–Crippen LogP) is 2.12. The van der Waals surface area contributed by atoms with Crippen LogP contribution in [0.25, 0.3) is 0 Å². The second-order valence-electron chi connectivity index (χ2n) is 6.13. The van der Waals surface area contributed by atoms with Crippen molar-refractivity contribution in [1.82, 2.24) is 20.4 Å². The number of carbonyl (C=O) groups excluding carboxylic acids is 1. The second kappa shape index (κ2) is 7.75. The standard InChI is InChI=1S/C17H24N4OS/c1-13(10-16-4-2-9-23-16)19-17(22)6-5-14-11-15-12-18-7-3-8-21(15)20-14/h2,4,9,11,13,18H,3,5-8,10,12H2,1H3,(H,19,22)/t13-/m0/s1. The normalized spacial score (nSPS) is 15.7. The molecule has 1 aliphatic heterocycles. The SMILES string of the molecule is C[C@@H](Cc1cccs1)NC(=O)CCc1cc2n(n1)CCCNC2. The summed E-state index contributed by atoms with van der Waals surface area (Å²) in [6.07, 6.45) is 3.21. The monoisotopic (exact) mass is 332 g/mol. The van der Waals surface area contributed by atoms with Gasteiger partial charge < -0.3 is 10.6 Å². The first-order valence-electron chi connectivity index (χ1n) is 8.29. The van der Waals surface area contributed by atoms with Crippen LogP contribution in [0.5, 0.6) is 0 Å². The number of thiophene rings is 1. The van der Waals surface area contributed by atoms with E-state index in [1.807, 2.05) is 6.07 Å². The summed E-state index contributed by atoms with van der Waals surface area (Å²) in [5, 5.41) is 13.2. The molecular weight excluding hydrogens is 308 g/mol. The highest BCUT2D eigenvalue weighted by atomic mass is 32.1. The molecule has 1 atom stereocenters. The first-order valence-corrected chi connectivity index (χ1v) is 9.17. The number of aryl methyl sites for hydroxylation is 2. The third kappa shape index (κ3) is 4.65. The second-order valence-corrected chi connectivity index (χ2v) is 7.16. The first kappa shape index (κ1) is 16.2. The molecule has 0 unspecified atom stereocenters. The number of fused-ring (bicyclic) bond motifs is 1. The minimum absolute atomic E-state index is 0.107. The highest BCUT2D eigenvalue weighted by molar-refractivity contribution is 7.09. The van der Waals surface area contributed by atoms with Gasteiger partial charge in [-0.15, -0.1) is 11.3 Å². The molecule has 23 heavy (non-hydrogen) atoms. The molecule has 5 nitrogen and oxygen atoms in total. The fraction of sp³-hybridized carbons (Fsp3) is 0.529. The average Bonchev–Trinajstić information content (AvgIpc) is 3.10. The van der Waals surface area contributed by atoms with Crippen molar-refractivity contribution in [3.05, 3.63) is 39.8 Å². The van der Waals surface area contributed by atoms with E-state index in [0.717, 1.165) is 38.2 Å². The van der Waals surface area contributed by atoms with Crippen LogP contribution in [0.1, 0.15) is 36.0 Å². The Hall–Kier alpha value is -1.66. The summed E-state index contributed by atoms with van der Waals surface area (Å²) in [6, 6.07) is 6.45.